The Morgan fingerprint density at radius 3 is 2.00 bits per heavy atom. The van der Waals surface area contributed by atoms with Crippen molar-refractivity contribution in [2.45, 2.75) is 64.7 Å². The van der Waals surface area contributed by atoms with Crippen molar-refractivity contribution < 1.29 is 0 Å². The molecule has 2 N–H and O–H groups in total. The Balaban J connectivity index is 2.76. The van der Waals surface area contributed by atoms with Gasteiger partial charge in [-0.1, -0.05) is 58.3 Å². The fourth-order valence-corrected chi connectivity index (χ4v) is 1.47. The van der Waals surface area contributed by atoms with Crippen LogP contribution in [0.2, 0.25) is 0 Å². The molecule has 0 spiro atoms. The van der Waals surface area contributed by atoms with E-state index in [-0.39, 0.29) is 0 Å². The predicted octanol–water partition coefficient (Wildman–Crippen LogP) is 3.68. The van der Waals surface area contributed by atoms with Crippen LogP contribution in [0.25, 0.3) is 0 Å². The molecule has 0 heterocycles. The van der Waals surface area contributed by atoms with Crippen LogP contribution in [0.1, 0.15) is 64.7 Å². The zero-order chi connectivity index (χ0) is 9.78. The molecule has 0 rings (SSSR count). The minimum Gasteiger partial charge on any atom is -0.330 e. The molecule has 0 saturated carbocycles. The predicted molar refractivity (Wildman–Crippen MR) is 60.6 cm³/mol. The summed E-state index contributed by atoms with van der Waals surface area (Å²) >= 11 is 0. The normalized spacial score (nSPS) is 10.6. The lowest BCUT2D eigenvalue weighted by atomic mass is 10.1. The molecule has 1 nitrogen and oxygen atoms in total. The first kappa shape index (κ1) is 13.0. The Morgan fingerprint density at radius 2 is 1.46 bits per heavy atom. The van der Waals surface area contributed by atoms with Gasteiger partial charge in [0.1, 0.15) is 0 Å². The summed E-state index contributed by atoms with van der Waals surface area (Å²) in [6.45, 7) is 3.12. The van der Waals surface area contributed by atoms with E-state index in [0.717, 1.165) is 6.54 Å². The van der Waals surface area contributed by atoms with E-state index in [1.165, 1.54) is 57.8 Å². The van der Waals surface area contributed by atoms with Crippen LogP contribution in [0.5, 0.6) is 0 Å². The van der Waals surface area contributed by atoms with Crippen LogP contribution in [0.3, 0.4) is 0 Å². The third-order valence-electron chi connectivity index (χ3n) is 2.37. The summed E-state index contributed by atoms with van der Waals surface area (Å²) in [5.41, 5.74) is 5.41. The van der Waals surface area contributed by atoms with Gasteiger partial charge in [0.2, 0.25) is 0 Å². The number of rotatable bonds is 10. The fourth-order valence-electron chi connectivity index (χ4n) is 1.47. The molecule has 0 amide bonds. The van der Waals surface area contributed by atoms with Crippen molar-refractivity contribution in [2.24, 2.45) is 5.73 Å². The Hall–Kier alpha value is -0.0400. The molecule has 1 heteroatoms. The molecule has 79 valence electrons. The first-order chi connectivity index (χ1) is 6.41. The van der Waals surface area contributed by atoms with Crippen LogP contribution in [-0.4, -0.2) is 6.54 Å². The first-order valence-electron chi connectivity index (χ1n) is 5.93. The van der Waals surface area contributed by atoms with Crippen molar-refractivity contribution in [3.05, 3.63) is 6.42 Å². The van der Waals surface area contributed by atoms with Gasteiger partial charge in [0, 0.05) is 0 Å². The number of hydrogen-bond donors (Lipinski definition) is 1. The van der Waals surface area contributed by atoms with E-state index in [4.69, 9.17) is 5.73 Å². The van der Waals surface area contributed by atoms with Crippen LogP contribution < -0.4 is 5.73 Å². The summed E-state index contributed by atoms with van der Waals surface area (Å²) in [6.07, 6.45) is 14.5. The number of hydrogen-bond acceptors (Lipinski definition) is 1. The van der Waals surface area contributed by atoms with E-state index in [1.54, 1.807) is 0 Å². The molecule has 0 fully saturated rings. The summed E-state index contributed by atoms with van der Waals surface area (Å²) in [7, 11) is 0. The zero-order valence-electron chi connectivity index (χ0n) is 9.23. The highest BCUT2D eigenvalue weighted by atomic mass is 14.5. The molecule has 0 aliphatic carbocycles. The average Bonchev–Trinajstić information content (AvgIpc) is 2.16. The Morgan fingerprint density at radius 1 is 0.846 bits per heavy atom. The second-order valence-corrected chi connectivity index (χ2v) is 3.78. The molecular weight excluding hydrogens is 158 g/mol. The second-order valence-electron chi connectivity index (χ2n) is 3.78. The molecular formula is C12H26N. The van der Waals surface area contributed by atoms with Gasteiger partial charge in [0.15, 0.2) is 0 Å². The van der Waals surface area contributed by atoms with Crippen molar-refractivity contribution >= 4 is 0 Å². The summed E-state index contributed by atoms with van der Waals surface area (Å²) in [6, 6.07) is 0. The maximum atomic E-state index is 5.41. The monoisotopic (exact) mass is 184 g/mol. The molecule has 0 aromatic rings. The number of unbranched alkanes of at least 4 members (excludes halogenated alkanes) is 9. The molecule has 0 saturated heterocycles. The summed E-state index contributed by atoms with van der Waals surface area (Å²) in [5.74, 6) is 0. The van der Waals surface area contributed by atoms with Crippen LogP contribution >= 0.6 is 0 Å². The van der Waals surface area contributed by atoms with E-state index in [2.05, 4.69) is 13.3 Å². The lowest BCUT2D eigenvalue weighted by Gasteiger charge is -2.00. The van der Waals surface area contributed by atoms with Crippen LogP contribution in [0, 0.1) is 6.42 Å². The lowest BCUT2D eigenvalue weighted by molar-refractivity contribution is 0.627. The Kier molecular flexibility index (Phi) is 11.9. The van der Waals surface area contributed by atoms with Gasteiger partial charge in [-0.05, 0) is 19.4 Å². The van der Waals surface area contributed by atoms with Gasteiger partial charge >= 0.3 is 0 Å². The van der Waals surface area contributed by atoms with E-state index in [9.17, 15) is 0 Å². The van der Waals surface area contributed by atoms with Gasteiger partial charge in [-0.3, -0.25) is 0 Å². The maximum Gasteiger partial charge on any atom is -0.00773 e. The maximum absolute atomic E-state index is 5.41. The van der Waals surface area contributed by atoms with Crippen molar-refractivity contribution in [3.63, 3.8) is 0 Å². The smallest absolute Gasteiger partial charge is 0.00773 e. The van der Waals surface area contributed by atoms with Crippen LogP contribution in [0.15, 0.2) is 0 Å². The molecule has 0 aromatic heterocycles. The van der Waals surface area contributed by atoms with Crippen molar-refractivity contribution in [1.29, 1.82) is 0 Å². The standard InChI is InChI=1S/C12H26N/c1-2-3-4-5-6-7-8-9-10-11-12-13/h7H,2-6,8-13H2,1H3. The van der Waals surface area contributed by atoms with E-state index < -0.39 is 0 Å². The van der Waals surface area contributed by atoms with Gasteiger partial charge in [0.25, 0.3) is 0 Å². The molecule has 0 atom stereocenters. The molecule has 0 aliphatic rings. The van der Waals surface area contributed by atoms with E-state index in [0.29, 0.717) is 0 Å². The number of nitrogens with two attached hydrogens (primary N) is 1. The largest absolute Gasteiger partial charge is 0.330 e. The minimum atomic E-state index is 0.858. The minimum absolute atomic E-state index is 0.858. The lowest BCUT2D eigenvalue weighted by Crippen LogP contribution is -1.97. The van der Waals surface area contributed by atoms with E-state index >= 15 is 0 Å². The fraction of sp³-hybridized carbons (Fsp3) is 0.917. The highest BCUT2D eigenvalue weighted by Crippen LogP contribution is 2.08. The summed E-state index contributed by atoms with van der Waals surface area (Å²) < 4.78 is 0. The van der Waals surface area contributed by atoms with E-state index in [1.807, 2.05) is 0 Å². The zero-order valence-corrected chi connectivity index (χ0v) is 9.23. The van der Waals surface area contributed by atoms with Gasteiger partial charge < -0.3 is 5.73 Å². The van der Waals surface area contributed by atoms with Gasteiger partial charge in [-0.25, -0.2) is 0 Å². The Labute approximate surface area is 84.1 Å². The highest BCUT2D eigenvalue weighted by molar-refractivity contribution is 4.64. The second kappa shape index (κ2) is 12.0. The van der Waals surface area contributed by atoms with Gasteiger partial charge in [-0.2, -0.15) is 0 Å². The quantitative estimate of drug-likeness (QED) is 0.515. The van der Waals surface area contributed by atoms with Crippen molar-refractivity contribution in [3.8, 4) is 0 Å². The summed E-state index contributed by atoms with van der Waals surface area (Å²) in [4.78, 5) is 0. The van der Waals surface area contributed by atoms with Crippen molar-refractivity contribution in [1.82, 2.24) is 0 Å². The molecule has 0 bridgehead atoms. The molecule has 0 aromatic carbocycles. The van der Waals surface area contributed by atoms with Crippen LogP contribution in [0.4, 0.5) is 0 Å². The highest BCUT2D eigenvalue weighted by Gasteiger charge is 1.91. The van der Waals surface area contributed by atoms with Gasteiger partial charge in [-0.15, -0.1) is 0 Å². The third kappa shape index (κ3) is 12.0. The SMILES string of the molecule is CCCCCC[CH]CCCCCN. The first-order valence-corrected chi connectivity index (χ1v) is 5.93. The molecule has 0 aliphatic heterocycles. The average molecular weight is 184 g/mol. The molecule has 13 heavy (non-hydrogen) atoms. The van der Waals surface area contributed by atoms with Gasteiger partial charge in [0.05, 0.1) is 0 Å². The summed E-state index contributed by atoms with van der Waals surface area (Å²) in [5, 5.41) is 0. The topological polar surface area (TPSA) is 26.0 Å². The molecule has 1 radical (unpaired) electrons. The Bertz CT molecular complexity index is 71.2. The van der Waals surface area contributed by atoms with Crippen molar-refractivity contribution in [2.75, 3.05) is 6.54 Å². The van der Waals surface area contributed by atoms with Crippen LogP contribution in [-0.2, 0) is 0 Å². The third-order valence-corrected chi connectivity index (χ3v) is 2.37. The molecule has 0 unspecified atom stereocenters.